The SMILES string of the molecule is CC(C)CN1CCCN(c2ccc(C=C3CCCN=C3c3cccnc3)cc2)CC1. The van der Waals surface area contributed by atoms with Crippen LogP contribution in [0.1, 0.15) is 44.2 Å². The lowest BCUT2D eigenvalue weighted by atomic mass is 9.95. The number of aliphatic imine (C=N–C) groups is 1. The number of nitrogens with zero attached hydrogens (tertiary/aromatic N) is 4. The van der Waals surface area contributed by atoms with Crippen LogP contribution < -0.4 is 4.90 Å². The van der Waals surface area contributed by atoms with E-state index in [1.165, 1.54) is 36.3 Å². The number of rotatable bonds is 5. The molecular formula is C26H34N4. The predicted molar refractivity (Wildman–Crippen MR) is 127 cm³/mol. The maximum atomic E-state index is 4.80. The van der Waals surface area contributed by atoms with E-state index in [0.717, 1.165) is 56.2 Å². The van der Waals surface area contributed by atoms with Crippen LogP contribution in [-0.2, 0) is 0 Å². The van der Waals surface area contributed by atoms with E-state index in [-0.39, 0.29) is 0 Å². The predicted octanol–water partition coefficient (Wildman–Crippen LogP) is 4.92. The summed E-state index contributed by atoms with van der Waals surface area (Å²) in [6.45, 7) is 11.4. The molecule has 0 amide bonds. The summed E-state index contributed by atoms with van der Waals surface area (Å²) in [5.41, 5.74) is 6.14. The molecule has 0 unspecified atom stereocenters. The number of aromatic nitrogens is 1. The smallest absolute Gasteiger partial charge is 0.0694 e. The first-order valence-corrected chi connectivity index (χ1v) is 11.4. The molecule has 0 radical (unpaired) electrons. The summed E-state index contributed by atoms with van der Waals surface area (Å²) in [6, 6.07) is 13.2. The fourth-order valence-corrected chi connectivity index (χ4v) is 4.51. The van der Waals surface area contributed by atoms with Crippen molar-refractivity contribution in [1.82, 2.24) is 9.88 Å². The Hall–Kier alpha value is -2.46. The highest BCUT2D eigenvalue weighted by Crippen LogP contribution is 2.24. The minimum atomic E-state index is 0.740. The standard InChI is InChI=1S/C26H34N4/c1-21(2)20-29-14-5-15-30(17-16-29)25-10-8-22(9-11-25)18-23-6-4-13-28-26(23)24-7-3-12-27-19-24/h3,7-12,18-19,21H,4-6,13-17,20H2,1-2H3. The van der Waals surface area contributed by atoms with E-state index in [0.29, 0.717) is 0 Å². The Morgan fingerprint density at radius 2 is 1.87 bits per heavy atom. The number of hydrogen-bond donors (Lipinski definition) is 0. The Balaban J connectivity index is 1.46. The third-order valence-electron chi connectivity index (χ3n) is 5.92. The molecular weight excluding hydrogens is 368 g/mol. The molecule has 1 saturated heterocycles. The van der Waals surface area contributed by atoms with Crippen molar-refractivity contribution < 1.29 is 0 Å². The van der Waals surface area contributed by atoms with Crippen molar-refractivity contribution in [3.63, 3.8) is 0 Å². The molecule has 0 spiro atoms. The molecule has 4 rings (SSSR count). The van der Waals surface area contributed by atoms with E-state index in [1.807, 2.05) is 18.5 Å². The van der Waals surface area contributed by atoms with Gasteiger partial charge in [-0.05, 0) is 73.2 Å². The van der Waals surface area contributed by atoms with Gasteiger partial charge in [-0.15, -0.1) is 0 Å². The van der Waals surface area contributed by atoms with Crippen molar-refractivity contribution in [2.75, 3.05) is 44.2 Å². The van der Waals surface area contributed by atoms with Gasteiger partial charge < -0.3 is 9.80 Å². The number of benzene rings is 1. The zero-order chi connectivity index (χ0) is 20.8. The molecule has 2 aliphatic heterocycles. The van der Waals surface area contributed by atoms with Crippen molar-refractivity contribution in [2.24, 2.45) is 10.9 Å². The average molecular weight is 403 g/mol. The molecule has 0 N–H and O–H groups in total. The molecule has 4 nitrogen and oxygen atoms in total. The quantitative estimate of drug-likeness (QED) is 0.712. The van der Waals surface area contributed by atoms with E-state index in [2.05, 4.69) is 65.0 Å². The van der Waals surface area contributed by atoms with Crippen LogP contribution in [0.25, 0.3) is 6.08 Å². The molecule has 4 heteroatoms. The third kappa shape index (κ3) is 5.37. The second-order valence-electron chi connectivity index (χ2n) is 8.87. The minimum absolute atomic E-state index is 0.740. The first-order chi connectivity index (χ1) is 14.7. The van der Waals surface area contributed by atoms with Gasteiger partial charge in [-0.1, -0.05) is 26.0 Å². The Kier molecular flexibility index (Phi) is 6.96. The van der Waals surface area contributed by atoms with Crippen molar-refractivity contribution in [3.8, 4) is 0 Å². The van der Waals surface area contributed by atoms with Crippen molar-refractivity contribution in [3.05, 3.63) is 65.5 Å². The average Bonchev–Trinajstić information content (AvgIpc) is 3.00. The number of anilines is 1. The summed E-state index contributed by atoms with van der Waals surface area (Å²) < 4.78 is 0. The van der Waals surface area contributed by atoms with Gasteiger partial charge in [0.2, 0.25) is 0 Å². The maximum Gasteiger partial charge on any atom is 0.0694 e. The fraction of sp³-hybridized carbons (Fsp3) is 0.462. The molecule has 1 aromatic heterocycles. The second-order valence-corrected chi connectivity index (χ2v) is 8.87. The monoisotopic (exact) mass is 402 g/mol. The van der Waals surface area contributed by atoms with Crippen LogP contribution in [0.4, 0.5) is 5.69 Å². The van der Waals surface area contributed by atoms with E-state index in [1.54, 1.807) is 0 Å². The van der Waals surface area contributed by atoms with Crippen LogP contribution in [-0.4, -0.2) is 54.9 Å². The van der Waals surface area contributed by atoms with Crippen LogP contribution in [0.3, 0.4) is 0 Å². The van der Waals surface area contributed by atoms with Crippen LogP contribution in [0.2, 0.25) is 0 Å². The first kappa shape index (κ1) is 20.8. The lowest BCUT2D eigenvalue weighted by molar-refractivity contribution is 0.261. The molecule has 0 aliphatic carbocycles. The van der Waals surface area contributed by atoms with Crippen molar-refractivity contribution >= 4 is 17.5 Å². The van der Waals surface area contributed by atoms with Gasteiger partial charge in [0, 0.05) is 56.4 Å². The van der Waals surface area contributed by atoms with E-state index >= 15 is 0 Å². The van der Waals surface area contributed by atoms with E-state index in [9.17, 15) is 0 Å². The Labute approximate surface area is 181 Å². The lowest BCUT2D eigenvalue weighted by Gasteiger charge is -2.24. The summed E-state index contributed by atoms with van der Waals surface area (Å²) in [4.78, 5) is 14.2. The van der Waals surface area contributed by atoms with Crippen LogP contribution >= 0.6 is 0 Å². The molecule has 2 aliphatic rings. The van der Waals surface area contributed by atoms with Gasteiger partial charge in [0.15, 0.2) is 0 Å². The topological polar surface area (TPSA) is 31.7 Å². The summed E-state index contributed by atoms with van der Waals surface area (Å²) in [6.07, 6.45) is 9.48. The van der Waals surface area contributed by atoms with Gasteiger partial charge in [-0.2, -0.15) is 0 Å². The number of pyridine rings is 1. The van der Waals surface area contributed by atoms with Gasteiger partial charge in [0.05, 0.1) is 5.71 Å². The molecule has 158 valence electrons. The summed E-state index contributed by atoms with van der Waals surface area (Å²) >= 11 is 0. The summed E-state index contributed by atoms with van der Waals surface area (Å²) in [7, 11) is 0. The molecule has 3 heterocycles. The molecule has 0 bridgehead atoms. The zero-order valence-corrected chi connectivity index (χ0v) is 18.4. The van der Waals surface area contributed by atoms with Crippen LogP contribution in [0.15, 0.2) is 59.4 Å². The molecule has 0 saturated carbocycles. The molecule has 1 aromatic carbocycles. The van der Waals surface area contributed by atoms with Crippen molar-refractivity contribution in [1.29, 1.82) is 0 Å². The highest BCUT2D eigenvalue weighted by Gasteiger charge is 2.17. The highest BCUT2D eigenvalue weighted by molar-refractivity contribution is 6.15. The first-order valence-electron chi connectivity index (χ1n) is 11.4. The maximum absolute atomic E-state index is 4.80. The van der Waals surface area contributed by atoms with Gasteiger partial charge in [0.1, 0.15) is 0 Å². The Morgan fingerprint density at radius 3 is 2.63 bits per heavy atom. The highest BCUT2D eigenvalue weighted by atomic mass is 15.2. The Bertz CT molecular complexity index is 868. The van der Waals surface area contributed by atoms with E-state index < -0.39 is 0 Å². The lowest BCUT2D eigenvalue weighted by Crippen LogP contribution is -2.32. The molecule has 2 aromatic rings. The summed E-state index contributed by atoms with van der Waals surface area (Å²) in [5.74, 6) is 0.740. The van der Waals surface area contributed by atoms with Crippen LogP contribution in [0.5, 0.6) is 0 Å². The zero-order valence-electron chi connectivity index (χ0n) is 18.4. The van der Waals surface area contributed by atoms with Gasteiger partial charge in [0.25, 0.3) is 0 Å². The van der Waals surface area contributed by atoms with E-state index in [4.69, 9.17) is 4.99 Å². The normalized spacial score (nSPS) is 19.8. The van der Waals surface area contributed by atoms with Gasteiger partial charge >= 0.3 is 0 Å². The minimum Gasteiger partial charge on any atom is -0.370 e. The number of allylic oxidation sites excluding steroid dienone is 1. The largest absolute Gasteiger partial charge is 0.370 e. The number of hydrogen-bond acceptors (Lipinski definition) is 4. The van der Waals surface area contributed by atoms with Crippen molar-refractivity contribution in [2.45, 2.75) is 33.1 Å². The van der Waals surface area contributed by atoms with Gasteiger partial charge in [-0.3, -0.25) is 9.98 Å². The molecule has 30 heavy (non-hydrogen) atoms. The Morgan fingerprint density at radius 1 is 1.00 bits per heavy atom. The second kappa shape index (κ2) is 10.0. The fourth-order valence-electron chi connectivity index (χ4n) is 4.51. The summed E-state index contributed by atoms with van der Waals surface area (Å²) in [5, 5.41) is 0. The van der Waals surface area contributed by atoms with Crippen LogP contribution in [0, 0.1) is 5.92 Å². The molecule has 0 atom stereocenters. The van der Waals surface area contributed by atoms with Gasteiger partial charge in [-0.25, -0.2) is 0 Å². The third-order valence-corrected chi connectivity index (χ3v) is 5.92. The molecule has 1 fully saturated rings.